The quantitative estimate of drug-likeness (QED) is 0.347. The predicted octanol–water partition coefficient (Wildman–Crippen LogP) is 1.83. The molecule has 2 unspecified atom stereocenters. The second kappa shape index (κ2) is 12.1. The molecule has 0 aliphatic carbocycles. The summed E-state index contributed by atoms with van der Waals surface area (Å²) < 4.78 is 5.19. The summed E-state index contributed by atoms with van der Waals surface area (Å²) in [5.41, 5.74) is 1.89. The number of aromatic amines is 1. The average Bonchev–Trinajstić information content (AvgIpc) is 3.43. The van der Waals surface area contributed by atoms with Gasteiger partial charge in [0, 0.05) is 20.1 Å². The summed E-state index contributed by atoms with van der Waals surface area (Å²) in [4.78, 5) is 38.7. The van der Waals surface area contributed by atoms with Gasteiger partial charge in [0.25, 0.3) is 11.8 Å². The van der Waals surface area contributed by atoms with Gasteiger partial charge in [0.1, 0.15) is 5.69 Å². The zero-order valence-electron chi connectivity index (χ0n) is 20.6. The van der Waals surface area contributed by atoms with Crippen LogP contribution < -0.4 is 5.32 Å². The third kappa shape index (κ3) is 6.98. The molecule has 0 aliphatic heterocycles. The number of aromatic nitrogens is 3. The number of likely N-dealkylation sites (N-methyl/N-ethyl adjacent to an activating group) is 1. The first-order valence-electron chi connectivity index (χ1n) is 11.5. The number of nitrogens with one attached hydrogen (secondary N) is 2. The number of H-pyrrole nitrogens is 1. The molecule has 1 heterocycles. The van der Waals surface area contributed by atoms with Crippen LogP contribution in [-0.4, -0.2) is 76.6 Å². The second-order valence-electron chi connectivity index (χ2n) is 9.09. The molecule has 3 aromatic rings. The lowest BCUT2D eigenvalue weighted by Crippen LogP contribution is -2.45. The Morgan fingerprint density at radius 1 is 1.08 bits per heavy atom. The molecule has 0 saturated heterocycles. The molecule has 2 aromatic carbocycles. The molecule has 0 radical (unpaired) electrons. The maximum atomic E-state index is 12.8. The minimum atomic E-state index is -1.35. The maximum absolute atomic E-state index is 12.8. The third-order valence-corrected chi connectivity index (χ3v) is 5.90. The van der Waals surface area contributed by atoms with Gasteiger partial charge in [-0.3, -0.25) is 19.5 Å². The SMILES string of the molecule is CN(C)C(=O)COC(=O)C(C)(CO)CC(Cc1ccc(-c2ccccc2)cc1)NC(=O)c1cnn[nH]1. The lowest BCUT2D eigenvalue weighted by atomic mass is 9.82. The Balaban J connectivity index is 1.77. The van der Waals surface area contributed by atoms with E-state index in [-0.39, 0.29) is 18.0 Å². The van der Waals surface area contributed by atoms with E-state index >= 15 is 0 Å². The molecule has 0 fully saturated rings. The van der Waals surface area contributed by atoms with Gasteiger partial charge in [0.15, 0.2) is 6.61 Å². The van der Waals surface area contributed by atoms with E-state index in [1.54, 1.807) is 21.0 Å². The molecule has 10 nitrogen and oxygen atoms in total. The van der Waals surface area contributed by atoms with Crippen molar-refractivity contribution in [3.63, 3.8) is 0 Å². The van der Waals surface area contributed by atoms with Crippen LogP contribution in [0.2, 0.25) is 0 Å². The Hall–Kier alpha value is -4.05. The van der Waals surface area contributed by atoms with Crippen LogP contribution in [0.15, 0.2) is 60.8 Å². The first kappa shape index (κ1) is 26.6. The molecule has 2 amide bonds. The molecule has 0 aliphatic rings. The molecule has 0 saturated carbocycles. The number of benzene rings is 2. The van der Waals surface area contributed by atoms with Crippen molar-refractivity contribution >= 4 is 17.8 Å². The Kier molecular flexibility index (Phi) is 8.91. The fraction of sp³-hybridized carbons (Fsp3) is 0.346. The number of hydrogen-bond donors (Lipinski definition) is 3. The van der Waals surface area contributed by atoms with Crippen LogP contribution in [0.4, 0.5) is 0 Å². The summed E-state index contributed by atoms with van der Waals surface area (Å²) in [6, 6.07) is 17.3. The molecular weight excluding hydrogens is 462 g/mol. The molecule has 10 heteroatoms. The van der Waals surface area contributed by atoms with Crippen LogP contribution in [0.1, 0.15) is 29.4 Å². The van der Waals surface area contributed by atoms with Crippen LogP contribution >= 0.6 is 0 Å². The number of hydrogen-bond acceptors (Lipinski definition) is 7. The topological polar surface area (TPSA) is 138 Å². The van der Waals surface area contributed by atoms with Crippen molar-refractivity contribution in [2.24, 2.45) is 5.41 Å². The van der Waals surface area contributed by atoms with Crippen LogP contribution in [0.25, 0.3) is 11.1 Å². The molecule has 3 N–H and O–H groups in total. The summed E-state index contributed by atoms with van der Waals surface area (Å²) in [5.74, 6) is -1.54. The Bertz CT molecular complexity index is 1150. The fourth-order valence-corrected chi connectivity index (χ4v) is 3.68. The standard InChI is InChI=1S/C26H31N5O5/c1-26(17-32,25(35)36-16-23(33)31(2)3)14-21(28-24(34)22-15-27-30-29-22)13-18-9-11-20(12-10-18)19-7-5-4-6-8-19/h4-12,15,21,32H,13-14,16-17H2,1-3H3,(H,28,34)(H,27,29,30). The summed E-state index contributed by atoms with van der Waals surface area (Å²) in [5, 5.41) is 22.7. The number of esters is 1. The summed E-state index contributed by atoms with van der Waals surface area (Å²) in [6.07, 6.45) is 1.77. The number of carbonyl (C=O) groups is 3. The summed E-state index contributed by atoms with van der Waals surface area (Å²) in [6.45, 7) is 0.594. The Morgan fingerprint density at radius 3 is 2.33 bits per heavy atom. The Morgan fingerprint density at radius 2 is 1.75 bits per heavy atom. The first-order chi connectivity index (χ1) is 17.2. The van der Waals surface area contributed by atoms with Gasteiger partial charge in [-0.05, 0) is 36.5 Å². The van der Waals surface area contributed by atoms with Crippen molar-refractivity contribution < 1.29 is 24.2 Å². The lowest BCUT2D eigenvalue weighted by Gasteiger charge is -2.30. The van der Waals surface area contributed by atoms with E-state index in [9.17, 15) is 19.5 Å². The highest BCUT2D eigenvalue weighted by atomic mass is 16.5. The summed E-state index contributed by atoms with van der Waals surface area (Å²) >= 11 is 0. The number of ether oxygens (including phenoxy) is 1. The summed E-state index contributed by atoms with van der Waals surface area (Å²) in [7, 11) is 3.11. The van der Waals surface area contributed by atoms with E-state index in [4.69, 9.17) is 4.74 Å². The van der Waals surface area contributed by atoms with Crippen molar-refractivity contribution in [2.75, 3.05) is 27.3 Å². The lowest BCUT2D eigenvalue weighted by molar-refractivity contribution is -0.162. The highest BCUT2D eigenvalue weighted by molar-refractivity contribution is 5.92. The number of rotatable bonds is 11. The van der Waals surface area contributed by atoms with Crippen molar-refractivity contribution in [3.8, 4) is 11.1 Å². The largest absolute Gasteiger partial charge is 0.455 e. The van der Waals surface area contributed by atoms with Gasteiger partial charge < -0.3 is 20.1 Å². The fourth-order valence-electron chi connectivity index (χ4n) is 3.68. The zero-order chi connectivity index (χ0) is 26.1. The normalized spacial score (nSPS) is 13.3. The first-order valence-corrected chi connectivity index (χ1v) is 11.5. The Labute approximate surface area is 209 Å². The second-order valence-corrected chi connectivity index (χ2v) is 9.09. The van der Waals surface area contributed by atoms with E-state index in [0.29, 0.717) is 6.42 Å². The average molecular weight is 494 g/mol. The van der Waals surface area contributed by atoms with Crippen LogP contribution in [0.3, 0.4) is 0 Å². The molecule has 2 atom stereocenters. The van der Waals surface area contributed by atoms with Crippen LogP contribution in [-0.2, 0) is 20.7 Å². The van der Waals surface area contributed by atoms with Gasteiger partial charge in [-0.15, -0.1) is 5.10 Å². The molecule has 0 spiro atoms. The van der Waals surface area contributed by atoms with Crippen molar-refractivity contribution in [1.82, 2.24) is 25.6 Å². The number of nitrogens with zero attached hydrogens (tertiary/aromatic N) is 3. The molecular formula is C26H31N5O5. The zero-order valence-corrected chi connectivity index (χ0v) is 20.6. The molecule has 36 heavy (non-hydrogen) atoms. The smallest absolute Gasteiger partial charge is 0.314 e. The van der Waals surface area contributed by atoms with Gasteiger partial charge in [-0.25, -0.2) is 0 Å². The minimum absolute atomic E-state index is 0.0756. The maximum Gasteiger partial charge on any atom is 0.314 e. The van der Waals surface area contributed by atoms with Crippen LogP contribution in [0.5, 0.6) is 0 Å². The van der Waals surface area contributed by atoms with Gasteiger partial charge in [-0.1, -0.05) is 59.8 Å². The van der Waals surface area contributed by atoms with Gasteiger partial charge >= 0.3 is 5.97 Å². The van der Waals surface area contributed by atoms with E-state index < -0.39 is 36.5 Å². The predicted molar refractivity (Wildman–Crippen MR) is 133 cm³/mol. The minimum Gasteiger partial charge on any atom is -0.455 e. The van der Waals surface area contributed by atoms with Crippen LogP contribution in [0, 0.1) is 5.41 Å². The molecule has 3 rings (SSSR count). The number of amides is 2. The monoisotopic (exact) mass is 493 g/mol. The molecule has 0 bridgehead atoms. The van der Waals surface area contributed by atoms with E-state index in [1.165, 1.54) is 11.1 Å². The van der Waals surface area contributed by atoms with E-state index in [2.05, 4.69) is 20.7 Å². The number of aliphatic hydroxyl groups is 1. The highest BCUT2D eigenvalue weighted by Gasteiger charge is 2.38. The van der Waals surface area contributed by atoms with Gasteiger partial charge in [0.2, 0.25) is 0 Å². The molecule has 190 valence electrons. The van der Waals surface area contributed by atoms with Crippen molar-refractivity contribution in [2.45, 2.75) is 25.8 Å². The number of carbonyl (C=O) groups excluding carboxylic acids is 3. The highest BCUT2D eigenvalue weighted by Crippen LogP contribution is 2.27. The van der Waals surface area contributed by atoms with Crippen molar-refractivity contribution in [1.29, 1.82) is 0 Å². The van der Waals surface area contributed by atoms with E-state index in [0.717, 1.165) is 16.7 Å². The van der Waals surface area contributed by atoms with Crippen molar-refractivity contribution in [3.05, 3.63) is 72.1 Å². The molecule has 1 aromatic heterocycles. The third-order valence-electron chi connectivity index (χ3n) is 5.90. The van der Waals surface area contributed by atoms with Gasteiger partial charge in [0.05, 0.1) is 18.2 Å². The number of aliphatic hydroxyl groups excluding tert-OH is 1. The van der Waals surface area contributed by atoms with E-state index in [1.807, 2.05) is 54.6 Å². The van der Waals surface area contributed by atoms with Gasteiger partial charge in [-0.2, -0.15) is 0 Å².